The molecule has 1 aliphatic heterocycles. The lowest BCUT2D eigenvalue weighted by Gasteiger charge is -2.29. The summed E-state index contributed by atoms with van der Waals surface area (Å²) in [6.45, 7) is 6.51. The normalized spacial score (nSPS) is 18.2. The van der Waals surface area contributed by atoms with Gasteiger partial charge in [0, 0.05) is 26.7 Å². The minimum absolute atomic E-state index is 0.566. The lowest BCUT2D eigenvalue weighted by Crippen LogP contribution is -2.31. The zero-order valence-electron chi connectivity index (χ0n) is 13.1. The van der Waals surface area contributed by atoms with Gasteiger partial charge in [-0.25, -0.2) is 0 Å². The summed E-state index contributed by atoms with van der Waals surface area (Å²) in [7, 11) is 2.06. The van der Waals surface area contributed by atoms with E-state index in [1.54, 1.807) is 0 Å². The Balaban J connectivity index is 2.05. The number of nitrogens with one attached hydrogen (secondary N) is 1. The summed E-state index contributed by atoms with van der Waals surface area (Å²) in [5.41, 5.74) is 2.93. The Labute approximate surface area is 127 Å². The van der Waals surface area contributed by atoms with Crippen molar-refractivity contribution in [3.05, 3.63) is 29.3 Å². The largest absolute Gasteiger partial charge is 0.381 e. The van der Waals surface area contributed by atoms with Crippen molar-refractivity contribution >= 4 is 5.69 Å². The second kappa shape index (κ2) is 8.02. The molecule has 1 atom stereocenters. The molecule has 0 aliphatic carbocycles. The number of nitriles is 1. The summed E-state index contributed by atoms with van der Waals surface area (Å²) in [6, 6.07) is 8.49. The van der Waals surface area contributed by atoms with E-state index in [1.165, 1.54) is 6.42 Å². The second-order valence-corrected chi connectivity index (χ2v) is 5.71. The van der Waals surface area contributed by atoms with E-state index in [9.17, 15) is 5.26 Å². The fourth-order valence-corrected chi connectivity index (χ4v) is 2.82. The van der Waals surface area contributed by atoms with Crippen LogP contribution in [0, 0.1) is 17.2 Å². The first-order chi connectivity index (χ1) is 10.2. The van der Waals surface area contributed by atoms with Crippen LogP contribution in [0.5, 0.6) is 0 Å². The van der Waals surface area contributed by atoms with Gasteiger partial charge in [-0.05, 0) is 43.0 Å². The van der Waals surface area contributed by atoms with Crippen molar-refractivity contribution in [2.75, 3.05) is 38.3 Å². The van der Waals surface area contributed by atoms with Crippen LogP contribution in [0.4, 0.5) is 5.69 Å². The number of anilines is 1. The van der Waals surface area contributed by atoms with Crippen LogP contribution in [0.25, 0.3) is 0 Å². The van der Waals surface area contributed by atoms with E-state index in [0.29, 0.717) is 5.92 Å². The Kier molecular flexibility index (Phi) is 6.04. The van der Waals surface area contributed by atoms with Crippen LogP contribution in [0.15, 0.2) is 18.2 Å². The molecule has 0 radical (unpaired) electrons. The minimum atomic E-state index is 0.566. The first-order valence-corrected chi connectivity index (χ1v) is 7.77. The average Bonchev–Trinajstić information content (AvgIpc) is 2.53. The maximum absolute atomic E-state index is 9.40. The van der Waals surface area contributed by atoms with Gasteiger partial charge in [0.2, 0.25) is 0 Å². The van der Waals surface area contributed by atoms with Gasteiger partial charge >= 0.3 is 0 Å². The van der Waals surface area contributed by atoms with Gasteiger partial charge in [0.05, 0.1) is 17.9 Å². The van der Waals surface area contributed by atoms with Gasteiger partial charge in [-0.15, -0.1) is 0 Å². The maximum Gasteiger partial charge on any atom is 0.101 e. The third-order valence-electron chi connectivity index (χ3n) is 3.96. The number of rotatable bonds is 6. The zero-order valence-corrected chi connectivity index (χ0v) is 13.1. The molecule has 0 bridgehead atoms. The average molecular weight is 287 g/mol. The monoisotopic (exact) mass is 287 g/mol. The summed E-state index contributed by atoms with van der Waals surface area (Å²) >= 11 is 0. The van der Waals surface area contributed by atoms with E-state index >= 15 is 0 Å². The minimum Gasteiger partial charge on any atom is -0.381 e. The van der Waals surface area contributed by atoms with Gasteiger partial charge in [0.15, 0.2) is 0 Å². The van der Waals surface area contributed by atoms with Crippen molar-refractivity contribution in [3.8, 4) is 6.07 Å². The van der Waals surface area contributed by atoms with E-state index in [1.807, 2.05) is 6.07 Å². The fraction of sp³-hybridized carbons (Fsp3) is 0.588. The molecule has 1 aliphatic rings. The van der Waals surface area contributed by atoms with Crippen molar-refractivity contribution in [3.63, 3.8) is 0 Å². The third kappa shape index (κ3) is 4.45. The van der Waals surface area contributed by atoms with Crippen LogP contribution in [-0.2, 0) is 11.3 Å². The highest BCUT2D eigenvalue weighted by atomic mass is 16.5. The molecule has 2 rings (SSSR count). The molecule has 1 aromatic carbocycles. The lowest BCUT2D eigenvalue weighted by molar-refractivity contribution is 0.0576. The van der Waals surface area contributed by atoms with Crippen molar-refractivity contribution in [1.82, 2.24) is 5.32 Å². The molecule has 1 heterocycles. The molecule has 1 fully saturated rings. The van der Waals surface area contributed by atoms with Crippen molar-refractivity contribution < 1.29 is 4.74 Å². The number of benzene rings is 1. The van der Waals surface area contributed by atoms with Gasteiger partial charge in [-0.1, -0.05) is 13.0 Å². The van der Waals surface area contributed by atoms with Gasteiger partial charge in [-0.3, -0.25) is 0 Å². The van der Waals surface area contributed by atoms with E-state index in [4.69, 9.17) is 4.74 Å². The topological polar surface area (TPSA) is 48.3 Å². The number of nitrogens with zero attached hydrogens (tertiary/aromatic N) is 2. The van der Waals surface area contributed by atoms with Crippen LogP contribution < -0.4 is 10.2 Å². The first kappa shape index (κ1) is 15.8. The maximum atomic E-state index is 9.40. The van der Waals surface area contributed by atoms with Crippen LogP contribution in [0.3, 0.4) is 0 Å². The highest BCUT2D eigenvalue weighted by molar-refractivity contribution is 5.60. The van der Waals surface area contributed by atoms with Gasteiger partial charge in [0.25, 0.3) is 0 Å². The Bertz CT molecular complexity index is 489. The molecule has 1 saturated heterocycles. The van der Waals surface area contributed by atoms with Gasteiger partial charge in [0.1, 0.15) is 6.07 Å². The second-order valence-electron chi connectivity index (χ2n) is 5.71. The molecule has 1 unspecified atom stereocenters. The zero-order chi connectivity index (χ0) is 15.1. The highest BCUT2D eigenvalue weighted by Gasteiger charge is 2.17. The van der Waals surface area contributed by atoms with Gasteiger partial charge in [-0.2, -0.15) is 5.26 Å². The quantitative estimate of drug-likeness (QED) is 0.873. The third-order valence-corrected chi connectivity index (χ3v) is 3.96. The summed E-state index contributed by atoms with van der Waals surface area (Å²) < 4.78 is 5.54. The molecular formula is C17H25N3O. The van der Waals surface area contributed by atoms with E-state index < -0.39 is 0 Å². The van der Waals surface area contributed by atoms with Crippen LogP contribution in [0.1, 0.15) is 30.9 Å². The standard InChI is InChI=1S/C17H25N3O/c1-3-19-11-14-6-7-17(16(9-14)10-18)20(2)12-15-5-4-8-21-13-15/h6-7,9,15,19H,3-5,8,11-13H2,1-2H3. The Morgan fingerprint density at radius 1 is 1.48 bits per heavy atom. The van der Waals surface area contributed by atoms with Gasteiger partial charge < -0.3 is 15.0 Å². The fourth-order valence-electron chi connectivity index (χ4n) is 2.82. The molecule has 1 N–H and O–H groups in total. The molecule has 21 heavy (non-hydrogen) atoms. The van der Waals surface area contributed by atoms with E-state index in [2.05, 4.69) is 42.4 Å². The SMILES string of the molecule is CCNCc1ccc(N(C)CC2CCCOC2)c(C#N)c1. The molecule has 0 spiro atoms. The molecular weight excluding hydrogens is 262 g/mol. The molecule has 0 amide bonds. The van der Waals surface area contributed by atoms with Crippen LogP contribution >= 0.6 is 0 Å². The number of ether oxygens (including phenoxy) is 1. The van der Waals surface area contributed by atoms with E-state index in [-0.39, 0.29) is 0 Å². The van der Waals surface area contributed by atoms with Crippen molar-refractivity contribution in [2.24, 2.45) is 5.92 Å². The summed E-state index contributed by atoms with van der Waals surface area (Å²) in [5.74, 6) is 0.566. The lowest BCUT2D eigenvalue weighted by atomic mass is 10.0. The summed E-state index contributed by atoms with van der Waals surface area (Å²) in [4.78, 5) is 2.19. The molecule has 114 valence electrons. The number of hydrogen-bond acceptors (Lipinski definition) is 4. The molecule has 1 aromatic rings. The Morgan fingerprint density at radius 3 is 3.00 bits per heavy atom. The Morgan fingerprint density at radius 2 is 2.33 bits per heavy atom. The predicted molar refractivity (Wildman–Crippen MR) is 85.4 cm³/mol. The van der Waals surface area contributed by atoms with Crippen LogP contribution in [0.2, 0.25) is 0 Å². The van der Waals surface area contributed by atoms with Crippen molar-refractivity contribution in [1.29, 1.82) is 5.26 Å². The molecule has 0 saturated carbocycles. The summed E-state index contributed by atoms with van der Waals surface area (Å²) in [5, 5.41) is 12.7. The van der Waals surface area contributed by atoms with E-state index in [0.717, 1.165) is 56.1 Å². The highest BCUT2D eigenvalue weighted by Crippen LogP contribution is 2.23. The summed E-state index contributed by atoms with van der Waals surface area (Å²) in [6.07, 6.45) is 2.36. The van der Waals surface area contributed by atoms with Crippen LogP contribution in [-0.4, -0.2) is 33.4 Å². The van der Waals surface area contributed by atoms with Crippen molar-refractivity contribution in [2.45, 2.75) is 26.3 Å². The molecule has 4 nitrogen and oxygen atoms in total. The Hall–Kier alpha value is -1.57. The molecule has 0 aromatic heterocycles. The predicted octanol–water partition coefficient (Wildman–Crippen LogP) is 2.53. The smallest absolute Gasteiger partial charge is 0.101 e. The number of hydrogen-bond donors (Lipinski definition) is 1. The first-order valence-electron chi connectivity index (χ1n) is 7.77. The molecule has 4 heteroatoms.